The molecule has 1 saturated carbocycles. The lowest BCUT2D eigenvalue weighted by Gasteiger charge is -2.26. The standard InChI is InChI=1S/C19H31N3O3S.HI/c1-4-17(15-26(23,24)18-8-6-5-7-9-18)21-19(20-2)22(3)12-13-25-14-16-10-11-16;/h5-9,16-17H,4,10-15H2,1-3H3,(H,20,21);1H. The lowest BCUT2D eigenvalue weighted by Crippen LogP contribution is -2.47. The van der Waals surface area contributed by atoms with Crippen molar-refractivity contribution in [1.29, 1.82) is 0 Å². The number of sulfone groups is 1. The Morgan fingerprint density at radius 1 is 1.33 bits per heavy atom. The smallest absolute Gasteiger partial charge is 0.193 e. The van der Waals surface area contributed by atoms with Crippen LogP contribution in [0.3, 0.4) is 0 Å². The van der Waals surface area contributed by atoms with Gasteiger partial charge in [-0.05, 0) is 37.3 Å². The van der Waals surface area contributed by atoms with Crippen molar-refractivity contribution in [2.24, 2.45) is 10.9 Å². The lowest BCUT2D eigenvalue weighted by atomic mass is 10.2. The van der Waals surface area contributed by atoms with Gasteiger partial charge in [0.2, 0.25) is 0 Å². The predicted octanol–water partition coefficient (Wildman–Crippen LogP) is 2.79. The Labute approximate surface area is 180 Å². The second-order valence-corrected chi connectivity index (χ2v) is 8.87. The van der Waals surface area contributed by atoms with Crippen molar-refractivity contribution in [3.05, 3.63) is 30.3 Å². The monoisotopic (exact) mass is 509 g/mol. The Kier molecular flexibility index (Phi) is 10.6. The van der Waals surface area contributed by atoms with E-state index in [1.807, 2.05) is 24.9 Å². The van der Waals surface area contributed by atoms with Gasteiger partial charge in [0, 0.05) is 33.3 Å². The quantitative estimate of drug-likeness (QED) is 0.227. The molecule has 1 aliphatic rings. The molecule has 1 unspecified atom stereocenters. The minimum atomic E-state index is -3.34. The van der Waals surface area contributed by atoms with Crippen LogP contribution >= 0.6 is 24.0 Å². The zero-order valence-corrected chi connectivity index (χ0v) is 19.6. The molecule has 0 heterocycles. The number of guanidine groups is 1. The fourth-order valence-corrected chi connectivity index (χ4v) is 4.23. The summed E-state index contributed by atoms with van der Waals surface area (Å²) < 4.78 is 30.9. The molecule has 27 heavy (non-hydrogen) atoms. The Morgan fingerprint density at radius 2 is 2.00 bits per heavy atom. The maximum absolute atomic E-state index is 12.6. The maximum atomic E-state index is 12.6. The number of halogens is 1. The maximum Gasteiger partial charge on any atom is 0.193 e. The van der Waals surface area contributed by atoms with E-state index >= 15 is 0 Å². The first-order valence-corrected chi connectivity index (χ1v) is 10.9. The van der Waals surface area contributed by atoms with Gasteiger partial charge in [-0.2, -0.15) is 0 Å². The summed E-state index contributed by atoms with van der Waals surface area (Å²) in [6.07, 6.45) is 3.26. The SMILES string of the molecule is CCC(CS(=O)(=O)c1ccccc1)NC(=NC)N(C)CCOCC1CC1.I. The first-order chi connectivity index (χ1) is 12.5. The minimum Gasteiger partial charge on any atom is -0.379 e. The van der Waals surface area contributed by atoms with Crippen LogP contribution in [-0.2, 0) is 14.6 Å². The third-order valence-corrected chi connectivity index (χ3v) is 6.38. The molecule has 1 atom stereocenters. The molecule has 0 aromatic heterocycles. The summed E-state index contributed by atoms with van der Waals surface area (Å²) in [5.74, 6) is 1.49. The number of nitrogens with zero attached hydrogens (tertiary/aromatic N) is 2. The van der Waals surface area contributed by atoms with Crippen molar-refractivity contribution in [2.45, 2.75) is 37.1 Å². The highest BCUT2D eigenvalue weighted by molar-refractivity contribution is 14.0. The van der Waals surface area contributed by atoms with Gasteiger partial charge < -0.3 is 15.0 Å². The van der Waals surface area contributed by atoms with E-state index in [2.05, 4.69) is 10.3 Å². The summed E-state index contributed by atoms with van der Waals surface area (Å²) in [6, 6.07) is 8.39. The third-order valence-electron chi connectivity index (χ3n) is 4.54. The Morgan fingerprint density at radius 3 is 2.56 bits per heavy atom. The molecule has 0 aliphatic heterocycles. The molecular formula is C19H32IN3O3S. The number of likely N-dealkylation sites (N-methyl/N-ethyl adjacent to an activating group) is 1. The molecule has 154 valence electrons. The number of hydrogen-bond acceptors (Lipinski definition) is 4. The number of ether oxygens (including phenoxy) is 1. The lowest BCUT2D eigenvalue weighted by molar-refractivity contribution is 0.115. The van der Waals surface area contributed by atoms with Gasteiger partial charge in [0.1, 0.15) is 0 Å². The zero-order chi connectivity index (χ0) is 19.0. The van der Waals surface area contributed by atoms with Crippen LogP contribution in [0, 0.1) is 5.92 Å². The van der Waals surface area contributed by atoms with Crippen molar-refractivity contribution in [3.8, 4) is 0 Å². The number of rotatable bonds is 10. The van der Waals surface area contributed by atoms with Crippen LogP contribution in [0.2, 0.25) is 0 Å². The highest BCUT2D eigenvalue weighted by atomic mass is 127. The van der Waals surface area contributed by atoms with Gasteiger partial charge >= 0.3 is 0 Å². The van der Waals surface area contributed by atoms with Crippen molar-refractivity contribution in [3.63, 3.8) is 0 Å². The fraction of sp³-hybridized carbons (Fsp3) is 0.632. The Bertz CT molecular complexity index is 679. The highest BCUT2D eigenvalue weighted by Gasteiger charge is 2.23. The van der Waals surface area contributed by atoms with Crippen molar-refractivity contribution >= 4 is 39.8 Å². The molecular weight excluding hydrogens is 477 g/mol. The molecule has 1 aromatic carbocycles. The third kappa shape index (κ3) is 8.35. The van der Waals surface area contributed by atoms with Crippen LogP contribution in [0.25, 0.3) is 0 Å². The predicted molar refractivity (Wildman–Crippen MR) is 121 cm³/mol. The largest absolute Gasteiger partial charge is 0.379 e. The molecule has 0 saturated heterocycles. The molecule has 0 bridgehead atoms. The van der Waals surface area contributed by atoms with Crippen LogP contribution in [0.15, 0.2) is 40.2 Å². The summed E-state index contributed by atoms with van der Waals surface area (Å²) in [4.78, 5) is 6.62. The van der Waals surface area contributed by atoms with Crippen molar-refractivity contribution in [1.82, 2.24) is 10.2 Å². The molecule has 8 heteroatoms. The van der Waals surface area contributed by atoms with Gasteiger partial charge in [0.15, 0.2) is 15.8 Å². The molecule has 0 spiro atoms. The van der Waals surface area contributed by atoms with E-state index in [1.165, 1.54) is 12.8 Å². The molecule has 1 aliphatic carbocycles. The number of nitrogens with one attached hydrogen (secondary N) is 1. The topological polar surface area (TPSA) is 71.0 Å². The molecule has 0 radical (unpaired) electrons. The van der Waals surface area contributed by atoms with Crippen LogP contribution in [0.1, 0.15) is 26.2 Å². The molecule has 0 amide bonds. The van der Waals surface area contributed by atoms with Gasteiger partial charge in [0.05, 0.1) is 17.3 Å². The van der Waals surface area contributed by atoms with Gasteiger partial charge in [-0.3, -0.25) is 4.99 Å². The fourth-order valence-electron chi connectivity index (χ4n) is 2.62. The van der Waals surface area contributed by atoms with E-state index in [-0.39, 0.29) is 35.8 Å². The van der Waals surface area contributed by atoms with Crippen LogP contribution in [-0.4, -0.2) is 64.9 Å². The second kappa shape index (κ2) is 11.9. The van der Waals surface area contributed by atoms with E-state index in [0.29, 0.717) is 30.4 Å². The first kappa shape index (κ1) is 24.2. The minimum absolute atomic E-state index is 0. The van der Waals surface area contributed by atoms with E-state index in [1.54, 1.807) is 31.3 Å². The van der Waals surface area contributed by atoms with Gasteiger partial charge in [0.25, 0.3) is 0 Å². The van der Waals surface area contributed by atoms with Gasteiger partial charge in [-0.15, -0.1) is 24.0 Å². The molecule has 1 N–H and O–H groups in total. The van der Waals surface area contributed by atoms with E-state index in [0.717, 1.165) is 12.5 Å². The van der Waals surface area contributed by atoms with Crippen molar-refractivity contribution < 1.29 is 13.2 Å². The number of benzene rings is 1. The second-order valence-electron chi connectivity index (χ2n) is 6.83. The first-order valence-electron chi connectivity index (χ1n) is 9.26. The van der Waals surface area contributed by atoms with Gasteiger partial charge in [-0.1, -0.05) is 25.1 Å². The highest BCUT2D eigenvalue weighted by Crippen LogP contribution is 2.28. The van der Waals surface area contributed by atoms with E-state index < -0.39 is 9.84 Å². The van der Waals surface area contributed by atoms with Crippen molar-refractivity contribution in [2.75, 3.05) is 39.6 Å². The summed E-state index contributed by atoms with van der Waals surface area (Å²) in [6.45, 7) is 4.18. The zero-order valence-electron chi connectivity index (χ0n) is 16.4. The van der Waals surface area contributed by atoms with Gasteiger partial charge in [-0.25, -0.2) is 8.42 Å². The molecule has 1 aromatic rings. The number of hydrogen-bond donors (Lipinski definition) is 1. The molecule has 2 rings (SSSR count). The van der Waals surface area contributed by atoms with Crippen LogP contribution in [0.4, 0.5) is 0 Å². The average Bonchev–Trinajstić information content (AvgIpc) is 3.47. The Balaban J connectivity index is 0.00000364. The summed E-state index contributed by atoms with van der Waals surface area (Å²) in [7, 11) is 0.314. The Hall–Kier alpha value is -0.870. The average molecular weight is 509 g/mol. The normalized spacial score (nSPS) is 15.7. The molecule has 6 nitrogen and oxygen atoms in total. The molecule has 1 fully saturated rings. The van der Waals surface area contributed by atoms with Crippen LogP contribution in [0.5, 0.6) is 0 Å². The van der Waals surface area contributed by atoms with E-state index in [4.69, 9.17) is 4.74 Å². The summed E-state index contributed by atoms with van der Waals surface area (Å²) in [5.41, 5.74) is 0. The number of aliphatic imine (C=N–C) groups is 1. The summed E-state index contributed by atoms with van der Waals surface area (Å²) in [5, 5.41) is 3.28. The summed E-state index contributed by atoms with van der Waals surface area (Å²) >= 11 is 0. The van der Waals surface area contributed by atoms with Crippen LogP contribution < -0.4 is 5.32 Å². The van der Waals surface area contributed by atoms with E-state index in [9.17, 15) is 8.42 Å².